The Morgan fingerprint density at radius 2 is 2.10 bits per heavy atom. The summed E-state index contributed by atoms with van der Waals surface area (Å²) in [6, 6.07) is 9.69. The second kappa shape index (κ2) is 6.10. The fourth-order valence-corrected chi connectivity index (χ4v) is 2.01. The van der Waals surface area contributed by atoms with Gasteiger partial charge in [-0.2, -0.15) is 0 Å². The highest BCUT2D eigenvalue weighted by atomic mass is 16.5. The molecule has 1 N–H and O–H groups in total. The topological polar surface area (TPSA) is 60.5 Å². The lowest BCUT2D eigenvalue weighted by atomic mass is 10.1. The number of aryl methyl sites for hydroxylation is 1. The zero-order chi connectivity index (χ0) is 15.5. The summed E-state index contributed by atoms with van der Waals surface area (Å²) in [6.45, 7) is 3.83. The van der Waals surface area contributed by atoms with E-state index in [0.29, 0.717) is 5.75 Å². The van der Waals surface area contributed by atoms with E-state index >= 15 is 0 Å². The van der Waals surface area contributed by atoms with Crippen LogP contribution in [0.15, 0.2) is 30.3 Å². The fraction of sp³-hybridized carbons (Fsp3) is 0.375. The van der Waals surface area contributed by atoms with Gasteiger partial charge >= 0.3 is 5.97 Å². The molecule has 0 amide bonds. The van der Waals surface area contributed by atoms with Crippen LogP contribution in [0.25, 0.3) is 10.9 Å². The molecule has 1 aromatic carbocycles. The predicted octanol–water partition coefficient (Wildman–Crippen LogP) is 2.07. The molecule has 0 aliphatic carbocycles. The number of nitrogens with one attached hydrogen (secondary N) is 1. The first-order valence-electron chi connectivity index (χ1n) is 6.76. The molecular weight excluding hydrogens is 268 g/mol. The van der Waals surface area contributed by atoms with Crippen LogP contribution in [-0.4, -0.2) is 37.3 Å². The van der Waals surface area contributed by atoms with E-state index in [-0.39, 0.29) is 12.6 Å². The lowest BCUT2D eigenvalue weighted by Crippen LogP contribution is -2.52. The minimum Gasteiger partial charge on any atom is -0.489 e. The fourth-order valence-electron chi connectivity index (χ4n) is 2.01. The Hall–Kier alpha value is -2.14. The van der Waals surface area contributed by atoms with Crippen molar-refractivity contribution in [3.8, 4) is 5.75 Å². The van der Waals surface area contributed by atoms with E-state index in [1.54, 1.807) is 14.0 Å². The van der Waals surface area contributed by atoms with Crippen LogP contribution in [0, 0.1) is 6.92 Å². The number of esters is 1. The Labute approximate surface area is 124 Å². The minimum atomic E-state index is -0.902. The standard InChI is InChI=1S/C16H20N2O3/c1-11-8-9-12-6-5-7-13(14(12)18-11)21-10-16(2,17-3)15(19)20-4/h5-9,17H,10H2,1-4H3. The Kier molecular flexibility index (Phi) is 4.43. The second-order valence-electron chi connectivity index (χ2n) is 5.14. The Balaban J connectivity index is 2.28. The molecule has 1 atom stereocenters. The van der Waals surface area contributed by atoms with Crippen LogP contribution >= 0.6 is 0 Å². The molecule has 0 saturated carbocycles. The molecule has 0 bridgehead atoms. The number of methoxy groups -OCH3 is 1. The van der Waals surface area contributed by atoms with Crippen molar-refractivity contribution in [3.05, 3.63) is 36.0 Å². The molecule has 0 aliphatic heterocycles. The summed E-state index contributed by atoms with van der Waals surface area (Å²) in [5, 5.41) is 3.94. The van der Waals surface area contributed by atoms with Gasteiger partial charge in [0.2, 0.25) is 0 Å². The molecule has 0 fully saturated rings. The summed E-state index contributed by atoms with van der Waals surface area (Å²) in [4.78, 5) is 16.3. The van der Waals surface area contributed by atoms with Crippen molar-refractivity contribution >= 4 is 16.9 Å². The summed E-state index contributed by atoms with van der Waals surface area (Å²) in [6.07, 6.45) is 0. The van der Waals surface area contributed by atoms with Crippen molar-refractivity contribution in [1.29, 1.82) is 0 Å². The third-order valence-electron chi connectivity index (χ3n) is 3.53. The maximum atomic E-state index is 11.8. The Morgan fingerprint density at radius 3 is 2.76 bits per heavy atom. The zero-order valence-corrected chi connectivity index (χ0v) is 12.8. The van der Waals surface area contributed by atoms with Gasteiger partial charge < -0.3 is 14.8 Å². The van der Waals surface area contributed by atoms with Gasteiger partial charge in [-0.25, -0.2) is 9.78 Å². The van der Waals surface area contributed by atoms with Crippen LogP contribution < -0.4 is 10.1 Å². The van der Waals surface area contributed by atoms with Crippen molar-refractivity contribution in [2.75, 3.05) is 20.8 Å². The highest BCUT2D eigenvalue weighted by molar-refractivity contribution is 5.85. The summed E-state index contributed by atoms with van der Waals surface area (Å²) < 4.78 is 10.6. The number of hydrogen-bond acceptors (Lipinski definition) is 5. The third-order valence-corrected chi connectivity index (χ3v) is 3.53. The molecule has 0 aliphatic rings. The Bertz CT molecular complexity index is 657. The highest BCUT2D eigenvalue weighted by Crippen LogP contribution is 2.24. The van der Waals surface area contributed by atoms with E-state index in [0.717, 1.165) is 16.6 Å². The molecule has 1 heterocycles. The number of hydrogen-bond donors (Lipinski definition) is 1. The van der Waals surface area contributed by atoms with Gasteiger partial charge in [-0.05, 0) is 33.0 Å². The zero-order valence-electron chi connectivity index (χ0n) is 12.8. The van der Waals surface area contributed by atoms with Crippen LogP contribution in [0.1, 0.15) is 12.6 Å². The molecule has 1 unspecified atom stereocenters. The first kappa shape index (κ1) is 15.3. The number of carbonyl (C=O) groups is 1. The van der Waals surface area contributed by atoms with Gasteiger partial charge in [0.1, 0.15) is 23.4 Å². The average Bonchev–Trinajstić information content (AvgIpc) is 2.51. The van der Waals surface area contributed by atoms with Crippen LogP contribution in [0.2, 0.25) is 0 Å². The number of fused-ring (bicyclic) bond motifs is 1. The molecule has 0 spiro atoms. The lowest BCUT2D eigenvalue weighted by molar-refractivity contribution is -0.148. The molecule has 0 radical (unpaired) electrons. The molecular formula is C16H20N2O3. The molecule has 21 heavy (non-hydrogen) atoms. The lowest BCUT2D eigenvalue weighted by Gasteiger charge is -2.26. The van der Waals surface area contributed by atoms with Crippen molar-refractivity contribution in [2.24, 2.45) is 0 Å². The SMILES string of the molecule is CNC(C)(COc1cccc2ccc(C)nc12)C(=O)OC. The van der Waals surface area contributed by atoms with Crippen LogP contribution in [0.5, 0.6) is 5.75 Å². The van der Waals surface area contributed by atoms with E-state index in [2.05, 4.69) is 10.3 Å². The largest absolute Gasteiger partial charge is 0.489 e. The molecule has 2 aromatic rings. The highest BCUT2D eigenvalue weighted by Gasteiger charge is 2.33. The smallest absolute Gasteiger partial charge is 0.329 e. The van der Waals surface area contributed by atoms with Gasteiger partial charge in [-0.15, -0.1) is 0 Å². The number of rotatable bonds is 5. The van der Waals surface area contributed by atoms with E-state index in [4.69, 9.17) is 9.47 Å². The van der Waals surface area contributed by atoms with Gasteiger partial charge in [-0.3, -0.25) is 0 Å². The molecule has 5 heteroatoms. The second-order valence-corrected chi connectivity index (χ2v) is 5.14. The van der Waals surface area contributed by atoms with Gasteiger partial charge in [-0.1, -0.05) is 18.2 Å². The maximum Gasteiger partial charge on any atom is 0.329 e. The monoisotopic (exact) mass is 288 g/mol. The number of aromatic nitrogens is 1. The third kappa shape index (κ3) is 3.13. The van der Waals surface area contributed by atoms with Gasteiger partial charge in [0, 0.05) is 11.1 Å². The first-order valence-corrected chi connectivity index (χ1v) is 6.76. The minimum absolute atomic E-state index is 0.158. The number of likely N-dealkylation sites (N-methyl/N-ethyl adjacent to an activating group) is 1. The van der Waals surface area contributed by atoms with Crippen molar-refractivity contribution < 1.29 is 14.3 Å². The molecule has 2 rings (SSSR count). The number of carbonyl (C=O) groups excluding carboxylic acids is 1. The molecule has 1 aromatic heterocycles. The number of ether oxygens (including phenoxy) is 2. The van der Waals surface area contributed by atoms with Crippen LogP contribution in [0.4, 0.5) is 0 Å². The van der Waals surface area contributed by atoms with E-state index in [1.807, 2.05) is 37.3 Å². The number of nitrogens with zero attached hydrogens (tertiary/aromatic N) is 1. The van der Waals surface area contributed by atoms with Gasteiger partial charge in [0.25, 0.3) is 0 Å². The number of benzene rings is 1. The van der Waals surface area contributed by atoms with Crippen molar-refractivity contribution in [1.82, 2.24) is 10.3 Å². The number of pyridine rings is 1. The van der Waals surface area contributed by atoms with Gasteiger partial charge in [0.15, 0.2) is 0 Å². The van der Waals surface area contributed by atoms with Crippen LogP contribution in [-0.2, 0) is 9.53 Å². The quantitative estimate of drug-likeness (QED) is 0.854. The average molecular weight is 288 g/mol. The molecule has 5 nitrogen and oxygen atoms in total. The summed E-state index contributed by atoms with van der Waals surface area (Å²) in [5.41, 5.74) is 0.810. The predicted molar refractivity (Wildman–Crippen MR) is 81.5 cm³/mol. The normalized spacial score (nSPS) is 13.7. The van der Waals surface area contributed by atoms with Crippen LogP contribution in [0.3, 0.4) is 0 Å². The van der Waals surface area contributed by atoms with E-state index in [1.165, 1.54) is 7.11 Å². The summed E-state index contributed by atoms with van der Waals surface area (Å²) in [5.74, 6) is 0.288. The van der Waals surface area contributed by atoms with Crippen molar-refractivity contribution in [2.45, 2.75) is 19.4 Å². The van der Waals surface area contributed by atoms with Gasteiger partial charge in [0.05, 0.1) is 7.11 Å². The summed E-state index contributed by atoms with van der Waals surface area (Å²) >= 11 is 0. The molecule has 112 valence electrons. The first-order chi connectivity index (χ1) is 10.00. The van der Waals surface area contributed by atoms with E-state index in [9.17, 15) is 4.79 Å². The van der Waals surface area contributed by atoms with Crippen molar-refractivity contribution in [3.63, 3.8) is 0 Å². The molecule has 0 saturated heterocycles. The van der Waals surface area contributed by atoms with E-state index < -0.39 is 5.54 Å². The number of para-hydroxylation sites is 1. The maximum absolute atomic E-state index is 11.8. The Morgan fingerprint density at radius 1 is 1.33 bits per heavy atom. The summed E-state index contributed by atoms with van der Waals surface area (Å²) in [7, 11) is 3.06.